The fraction of sp³-hybridized carbons (Fsp3) is 0.273. The van der Waals surface area contributed by atoms with Crippen LogP contribution in [0.2, 0.25) is 0 Å². The van der Waals surface area contributed by atoms with Gasteiger partial charge in [0.15, 0.2) is 0 Å². The molecule has 1 aromatic rings. The Bertz CT molecular complexity index is 209. The van der Waals surface area contributed by atoms with E-state index in [4.69, 9.17) is 0 Å². The van der Waals surface area contributed by atoms with Crippen molar-refractivity contribution in [3.05, 3.63) is 42.0 Å². The minimum atomic E-state index is 1.16. The molecule has 11 heavy (non-hydrogen) atoms. The molecule has 0 fully saturated rings. The monoisotopic (exact) mass is 145 g/mol. The number of hydrogen-bond donors (Lipinski definition) is 0. The smallest absolute Gasteiger partial charge is 0.0178 e. The van der Waals surface area contributed by atoms with Crippen LogP contribution in [-0.2, 0) is 0 Å². The average Bonchev–Trinajstić information content (AvgIpc) is 2.07. The van der Waals surface area contributed by atoms with Crippen LogP contribution in [0.1, 0.15) is 25.3 Å². The van der Waals surface area contributed by atoms with Crippen LogP contribution in [-0.4, -0.2) is 0 Å². The highest BCUT2D eigenvalue weighted by Gasteiger charge is 1.80. The van der Waals surface area contributed by atoms with Crippen LogP contribution in [0.15, 0.2) is 30.3 Å². The number of allylic oxidation sites excluding steroid dienone is 1. The summed E-state index contributed by atoms with van der Waals surface area (Å²) in [6.45, 7) is 2.18. The van der Waals surface area contributed by atoms with Crippen LogP contribution in [0.5, 0.6) is 0 Å². The standard InChI is InChI=1S/C11H13/c1-2-3-5-8-11-9-6-4-7-10-11/h4-6,8-10H,2-3H2,1H3/b8-5+. The van der Waals surface area contributed by atoms with E-state index >= 15 is 0 Å². The molecule has 0 aliphatic carbocycles. The molecule has 0 nitrogen and oxygen atoms in total. The van der Waals surface area contributed by atoms with E-state index < -0.39 is 0 Å². The van der Waals surface area contributed by atoms with Crippen molar-refractivity contribution in [2.75, 3.05) is 0 Å². The summed E-state index contributed by atoms with van der Waals surface area (Å²) < 4.78 is 0. The van der Waals surface area contributed by atoms with Gasteiger partial charge in [-0.1, -0.05) is 43.7 Å². The molecule has 0 saturated heterocycles. The Morgan fingerprint density at radius 3 is 3.09 bits per heavy atom. The van der Waals surface area contributed by atoms with Gasteiger partial charge in [0.1, 0.15) is 0 Å². The Hall–Kier alpha value is -1.04. The summed E-state index contributed by atoms with van der Waals surface area (Å²) in [7, 11) is 0. The molecular formula is C11H13. The first kappa shape index (κ1) is 8.06. The average molecular weight is 145 g/mol. The van der Waals surface area contributed by atoms with Crippen molar-refractivity contribution in [1.29, 1.82) is 0 Å². The normalized spacial score (nSPS) is 10.6. The van der Waals surface area contributed by atoms with Gasteiger partial charge in [-0.25, -0.2) is 0 Å². The lowest BCUT2D eigenvalue weighted by molar-refractivity contribution is 0.962. The van der Waals surface area contributed by atoms with Crippen molar-refractivity contribution in [3.8, 4) is 0 Å². The fourth-order valence-corrected chi connectivity index (χ4v) is 0.897. The summed E-state index contributed by atoms with van der Waals surface area (Å²) in [6.07, 6.45) is 6.71. The van der Waals surface area contributed by atoms with E-state index in [1.165, 1.54) is 12.0 Å². The second-order valence-corrected chi connectivity index (χ2v) is 2.53. The minimum Gasteiger partial charge on any atom is -0.0840 e. The van der Waals surface area contributed by atoms with E-state index in [-0.39, 0.29) is 0 Å². The molecule has 0 spiro atoms. The van der Waals surface area contributed by atoms with E-state index in [0.29, 0.717) is 0 Å². The first-order chi connectivity index (χ1) is 5.43. The molecule has 0 heterocycles. The molecule has 57 valence electrons. The summed E-state index contributed by atoms with van der Waals surface area (Å²) in [5, 5.41) is 0. The Balaban J connectivity index is 2.50. The Morgan fingerprint density at radius 2 is 2.45 bits per heavy atom. The highest BCUT2D eigenvalue weighted by Crippen LogP contribution is 2.01. The molecule has 0 aliphatic rings. The van der Waals surface area contributed by atoms with Gasteiger partial charge in [0.05, 0.1) is 0 Å². The molecule has 0 amide bonds. The molecule has 0 atom stereocenters. The molecule has 1 aromatic carbocycles. The molecule has 1 radical (unpaired) electrons. The lowest BCUT2D eigenvalue weighted by atomic mass is 10.2. The largest absolute Gasteiger partial charge is 0.0840 e. The molecule has 0 aliphatic heterocycles. The van der Waals surface area contributed by atoms with Crippen molar-refractivity contribution >= 4 is 6.08 Å². The second kappa shape index (κ2) is 4.73. The third kappa shape index (κ3) is 3.03. The lowest BCUT2D eigenvalue weighted by Crippen LogP contribution is -1.68. The predicted octanol–water partition coefficient (Wildman–Crippen LogP) is 3.30. The highest BCUT2D eigenvalue weighted by atomic mass is 13.9. The quantitative estimate of drug-likeness (QED) is 0.612. The van der Waals surface area contributed by atoms with Crippen LogP contribution in [0.25, 0.3) is 6.08 Å². The maximum absolute atomic E-state index is 3.04. The molecule has 0 aromatic heterocycles. The van der Waals surface area contributed by atoms with E-state index in [1.807, 2.05) is 18.2 Å². The van der Waals surface area contributed by atoms with Crippen LogP contribution in [0, 0.1) is 6.07 Å². The van der Waals surface area contributed by atoms with Gasteiger partial charge < -0.3 is 0 Å². The Kier molecular flexibility index (Phi) is 3.46. The van der Waals surface area contributed by atoms with Gasteiger partial charge in [0, 0.05) is 0 Å². The van der Waals surface area contributed by atoms with Gasteiger partial charge in [-0.2, -0.15) is 0 Å². The van der Waals surface area contributed by atoms with Crippen molar-refractivity contribution in [2.24, 2.45) is 0 Å². The maximum Gasteiger partial charge on any atom is -0.0178 e. The molecule has 0 N–H and O–H groups in total. The summed E-state index contributed by atoms with van der Waals surface area (Å²) in [5.74, 6) is 0. The predicted molar refractivity (Wildman–Crippen MR) is 49.2 cm³/mol. The second-order valence-electron chi connectivity index (χ2n) is 2.53. The van der Waals surface area contributed by atoms with Crippen LogP contribution >= 0.6 is 0 Å². The third-order valence-electron chi connectivity index (χ3n) is 1.50. The topological polar surface area (TPSA) is 0 Å². The van der Waals surface area contributed by atoms with Crippen LogP contribution < -0.4 is 0 Å². The van der Waals surface area contributed by atoms with Crippen LogP contribution in [0.4, 0.5) is 0 Å². The number of unbranched alkanes of at least 4 members (excludes halogenated alkanes) is 1. The molecular weight excluding hydrogens is 132 g/mol. The SMILES string of the molecule is CCC/C=C/c1c[c]ccc1. The van der Waals surface area contributed by atoms with E-state index in [9.17, 15) is 0 Å². The summed E-state index contributed by atoms with van der Waals surface area (Å²) >= 11 is 0. The number of rotatable bonds is 3. The molecule has 1 rings (SSSR count). The lowest BCUT2D eigenvalue weighted by Gasteiger charge is -1.89. The van der Waals surface area contributed by atoms with Gasteiger partial charge in [0.2, 0.25) is 0 Å². The number of benzene rings is 1. The summed E-state index contributed by atoms with van der Waals surface area (Å²) in [4.78, 5) is 0. The van der Waals surface area contributed by atoms with Crippen molar-refractivity contribution in [3.63, 3.8) is 0 Å². The van der Waals surface area contributed by atoms with Gasteiger partial charge in [-0.05, 0) is 24.1 Å². The Morgan fingerprint density at radius 1 is 1.55 bits per heavy atom. The third-order valence-corrected chi connectivity index (χ3v) is 1.50. The fourth-order valence-electron chi connectivity index (χ4n) is 0.897. The zero-order valence-corrected chi connectivity index (χ0v) is 6.88. The van der Waals surface area contributed by atoms with E-state index in [0.717, 1.165) is 6.42 Å². The van der Waals surface area contributed by atoms with Crippen LogP contribution in [0.3, 0.4) is 0 Å². The van der Waals surface area contributed by atoms with Gasteiger partial charge in [-0.15, -0.1) is 0 Å². The van der Waals surface area contributed by atoms with Gasteiger partial charge in [0.25, 0.3) is 0 Å². The zero-order chi connectivity index (χ0) is 7.94. The molecule has 0 heteroatoms. The van der Waals surface area contributed by atoms with Crippen molar-refractivity contribution in [1.82, 2.24) is 0 Å². The first-order valence-electron chi connectivity index (χ1n) is 4.06. The maximum atomic E-state index is 3.04. The minimum absolute atomic E-state index is 1.16. The zero-order valence-electron chi connectivity index (χ0n) is 6.88. The first-order valence-corrected chi connectivity index (χ1v) is 4.06. The summed E-state index contributed by atoms with van der Waals surface area (Å²) in [6, 6.07) is 11.0. The Labute approximate surface area is 68.6 Å². The van der Waals surface area contributed by atoms with Crippen molar-refractivity contribution in [2.45, 2.75) is 19.8 Å². The molecule has 0 unspecified atom stereocenters. The van der Waals surface area contributed by atoms with E-state index in [2.05, 4.69) is 31.2 Å². The number of hydrogen-bond acceptors (Lipinski definition) is 0. The van der Waals surface area contributed by atoms with Crippen molar-refractivity contribution < 1.29 is 0 Å². The summed E-state index contributed by atoms with van der Waals surface area (Å²) in [5.41, 5.74) is 1.24. The van der Waals surface area contributed by atoms with Gasteiger partial charge in [-0.3, -0.25) is 0 Å². The molecule has 0 saturated carbocycles. The van der Waals surface area contributed by atoms with E-state index in [1.54, 1.807) is 0 Å². The molecule has 0 bridgehead atoms. The highest BCUT2D eigenvalue weighted by molar-refractivity contribution is 5.48. The van der Waals surface area contributed by atoms with Gasteiger partial charge >= 0.3 is 0 Å².